The van der Waals surface area contributed by atoms with E-state index in [1.165, 1.54) is 0 Å². The summed E-state index contributed by atoms with van der Waals surface area (Å²) in [6, 6.07) is 1.43. The van der Waals surface area contributed by atoms with Crippen molar-refractivity contribution in [1.82, 2.24) is 4.31 Å². The number of benzene rings is 1. The van der Waals surface area contributed by atoms with Gasteiger partial charge in [-0.15, -0.1) is 0 Å². The van der Waals surface area contributed by atoms with Crippen molar-refractivity contribution in [1.29, 1.82) is 0 Å². The minimum Gasteiger partial charge on any atom is -0.397 e. The van der Waals surface area contributed by atoms with Crippen molar-refractivity contribution in [3.8, 4) is 0 Å². The van der Waals surface area contributed by atoms with Crippen LogP contribution in [-0.2, 0) is 10.0 Å². The van der Waals surface area contributed by atoms with Crippen molar-refractivity contribution >= 4 is 33.2 Å². The predicted octanol–water partition coefficient (Wildman–Crippen LogP) is 1.05. The van der Waals surface area contributed by atoms with Crippen molar-refractivity contribution in [3.63, 3.8) is 0 Å². The fourth-order valence-corrected chi connectivity index (χ4v) is 4.61. The number of non-ortho nitro benzene ring substituents is 1. The maximum Gasteiger partial charge on any atom is 0.274 e. The molecule has 1 aromatic carbocycles. The van der Waals surface area contributed by atoms with E-state index in [1.54, 1.807) is 11.8 Å². The highest BCUT2D eigenvalue weighted by molar-refractivity contribution is 7.99. The van der Waals surface area contributed by atoms with Crippen LogP contribution in [0.5, 0.6) is 0 Å². The molecule has 0 unspecified atom stereocenters. The number of nitrogen functional groups attached to an aromatic ring is 1. The Morgan fingerprint density at radius 3 is 2.45 bits per heavy atom. The van der Waals surface area contributed by atoms with Crippen molar-refractivity contribution in [2.45, 2.75) is 4.90 Å². The number of sulfonamides is 1. The number of nitro benzene ring substituents is 1. The second-order valence-electron chi connectivity index (χ2n) is 4.12. The van der Waals surface area contributed by atoms with E-state index < -0.39 is 37.0 Å². The minimum absolute atomic E-state index is 0.267. The van der Waals surface area contributed by atoms with E-state index in [0.717, 1.165) is 10.4 Å². The minimum atomic E-state index is -4.07. The third kappa shape index (κ3) is 2.72. The highest BCUT2D eigenvalue weighted by Crippen LogP contribution is 2.30. The highest BCUT2D eigenvalue weighted by atomic mass is 32.2. The first-order valence-corrected chi connectivity index (χ1v) is 8.25. The van der Waals surface area contributed by atoms with E-state index in [-0.39, 0.29) is 13.1 Å². The van der Waals surface area contributed by atoms with E-state index in [1.807, 2.05) is 0 Å². The molecule has 1 saturated heterocycles. The molecule has 0 amide bonds. The van der Waals surface area contributed by atoms with Gasteiger partial charge in [-0.1, -0.05) is 0 Å². The molecule has 0 aliphatic carbocycles. The molecule has 1 fully saturated rings. The monoisotopic (exact) mass is 321 g/mol. The summed E-state index contributed by atoms with van der Waals surface area (Å²) in [6.45, 7) is 0.533. The standard InChI is InChI=1S/C10H12FN3O4S2/c11-8-5-7(14(15)16)6-9(12)10(8)20(17,18)13-1-3-19-4-2-13/h5-6H,1-4,12H2. The summed E-state index contributed by atoms with van der Waals surface area (Å²) in [7, 11) is -4.07. The van der Waals surface area contributed by atoms with Crippen LogP contribution in [0.1, 0.15) is 0 Å². The number of nitrogens with two attached hydrogens (primary N) is 1. The van der Waals surface area contributed by atoms with Crippen molar-refractivity contribution in [2.75, 3.05) is 30.3 Å². The maximum atomic E-state index is 13.9. The zero-order valence-corrected chi connectivity index (χ0v) is 11.9. The van der Waals surface area contributed by atoms with Crippen LogP contribution in [0.3, 0.4) is 0 Å². The lowest BCUT2D eigenvalue weighted by molar-refractivity contribution is -0.385. The Bertz CT molecular complexity index is 621. The van der Waals surface area contributed by atoms with Gasteiger partial charge in [-0.3, -0.25) is 10.1 Å². The molecule has 0 atom stereocenters. The third-order valence-corrected chi connectivity index (χ3v) is 5.77. The van der Waals surface area contributed by atoms with Crippen molar-refractivity contribution in [2.24, 2.45) is 0 Å². The molecule has 0 saturated carbocycles. The van der Waals surface area contributed by atoms with Gasteiger partial charge in [-0.25, -0.2) is 12.8 Å². The zero-order valence-electron chi connectivity index (χ0n) is 10.3. The molecule has 7 nitrogen and oxygen atoms in total. The molecule has 2 rings (SSSR count). The van der Waals surface area contributed by atoms with E-state index >= 15 is 0 Å². The second kappa shape index (κ2) is 5.54. The van der Waals surface area contributed by atoms with Gasteiger partial charge in [0.1, 0.15) is 4.90 Å². The van der Waals surface area contributed by atoms with Crippen LogP contribution in [-0.4, -0.2) is 42.2 Å². The Kier molecular flexibility index (Phi) is 4.16. The fourth-order valence-electron chi connectivity index (χ4n) is 1.89. The summed E-state index contributed by atoms with van der Waals surface area (Å²) in [6.07, 6.45) is 0. The highest BCUT2D eigenvalue weighted by Gasteiger charge is 2.32. The first-order valence-electron chi connectivity index (χ1n) is 5.65. The van der Waals surface area contributed by atoms with Gasteiger partial charge in [0.25, 0.3) is 5.69 Å². The molecule has 0 spiro atoms. The van der Waals surface area contributed by atoms with Gasteiger partial charge < -0.3 is 5.73 Å². The van der Waals surface area contributed by atoms with Crippen LogP contribution in [0.15, 0.2) is 17.0 Å². The van der Waals surface area contributed by atoms with Crippen molar-refractivity contribution in [3.05, 3.63) is 28.1 Å². The molecule has 0 bridgehead atoms. The topological polar surface area (TPSA) is 107 Å². The van der Waals surface area contributed by atoms with Crippen LogP contribution in [0.25, 0.3) is 0 Å². The Morgan fingerprint density at radius 1 is 1.35 bits per heavy atom. The molecule has 0 radical (unpaired) electrons. The summed E-state index contributed by atoms with van der Waals surface area (Å²) >= 11 is 1.60. The molecule has 1 aliphatic rings. The molecule has 20 heavy (non-hydrogen) atoms. The maximum absolute atomic E-state index is 13.9. The fraction of sp³-hybridized carbons (Fsp3) is 0.400. The van der Waals surface area contributed by atoms with Crippen LogP contribution in [0, 0.1) is 15.9 Å². The van der Waals surface area contributed by atoms with E-state index in [2.05, 4.69) is 0 Å². The molecule has 1 heterocycles. The van der Waals surface area contributed by atoms with Crippen molar-refractivity contribution < 1.29 is 17.7 Å². The average Bonchev–Trinajstić information content (AvgIpc) is 2.38. The molecule has 1 aliphatic heterocycles. The first-order chi connectivity index (χ1) is 9.34. The van der Waals surface area contributed by atoms with E-state index in [4.69, 9.17) is 5.73 Å². The number of halogens is 1. The number of thioether (sulfide) groups is 1. The number of anilines is 1. The smallest absolute Gasteiger partial charge is 0.274 e. The van der Waals surface area contributed by atoms with Gasteiger partial charge in [-0.05, 0) is 0 Å². The SMILES string of the molecule is Nc1cc([N+](=O)[O-])cc(F)c1S(=O)(=O)N1CCSCC1. The summed E-state index contributed by atoms with van der Waals surface area (Å²) < 4.78 is 39.7. The predicted molar refractivity (Wildman–Crippen MR) is 73.6 cm³/mol. The van der Waals surface area contributed by atoms with Crippen LogP contribution in [0.4, 0.5) is 15.8 Å². The zero-order chi connectivity index (χ0) is 14.9. The third-order valence-electron chi connectivity index (χ3n) is 2.84. The van der Waals surface area contributed by atoms with Gasteiger partial charge in [-0.2, -0.15) is 16.1 Å². The largest absolute Gasteiger partial charge is 0.397 e. The van der Waals surface area contributed by atoms with Gasteiger partial charge in [0.05, 0.1) is 16.7 Å². The Morgan fingerprint density at radius 2 is 1.95 bits per heavy atom. The first kappa shape index (κ1) is 15.0. The number of hydrogen-bond acceptors (Lipinski definition) is 6. The Hall–Kier alpha value is -1.39. The quantitative estimate of drug-likeness (QED) is 0.507. The van der Waals surface area contributed by atoms with Gasteiger partial charge in [0.2, 0.25) is 10.0 Å². The average molecular weight is 321 g/mol. The van der Waals surface area contributed by atoms with Gasteiger partial charge in [0, 0.05) is 30.7 Å². The van der Waals surface area contributed by atoms with E-state index in [0.29, 0.717) is 17.6 Å². The van der Waals surface area contributed by atoms with Gasteiger partial charge >= 0.3 is 0 Å². The number of hydrogen-bond donors (Lipinski definition) is 1. The molecule has 0 aromatic heterocycles. The van der Waals surface area contributed by atoms with Crippen LogP contribution < -0.4 is 5.73 Å². The molecular formula is C10H12FN3O4S2. The molecule has 2 N–H and O–H groups in total. The van der Waals surface area contributed by atoms with E-state index in [9.17, 15) is 22.9 Å². The van der Waals surface area contributed by atoms with Gasteiger partial charge in [0.15, 0.2) is 5.82 Å². The summed E-state index contributed by atoms with van der Waals surface area (Å²) in [4.78, 5) is 9.08. The van der Waals surface area contributed by atoms with Crippen LogP contribution in [0.2, 0.25) is 0 Å². The van der Waals surface area contributed by atoms with Crippen LogP contribution >= 0.6 is 11.8 Å². The number of rotatable bonds is 3. The lowest BCUT2D eigenvalue weighted by Gasteiger charge is -2.26. The lowest BCUT2D eigenvalue weighted by atomic mass is 10.3. The number of nitro groups is 1. The number of nitrogens with zero attached hydrogens (tertiary/aromatic N) is 2. The summed E-state index contributed by atoms with van der Waals surface area (Å²) in [5, 5.41) is 10.6. The molecule has 110 valence electrons. The molecule has 1 aromatic rings. The summed E-state index contributed by atoms with van der Waals surface area (Å²) in [5.74, 6) is 0.0384. The Balaban J connectivity index is 2.49. The Labute approximate surface area is 119 Å². The lowest BCUT2D eigenvalue weighted by Crippen LogP contribution is -2.38. The normalized spacial score (nSPS) is 17.1. The summed E-state index contributed by atoms with van der Waals surface area (Å²) in [5.41, 5.74) is 4.47. The molecule has 10 heteroatoms. The molecular weight excluding hydrogens is 309 g/mol. The second-order valence-corrected chi connectivity index (χ2v) is 7.22.